The third kappa shape index (κ3) is 4.39. The van der Waals surface area contributed by atoms with Crippen molar-refractivity contribution in [2.75, 3.05) is 20.3 Å². The van der Waals surface area contributed by atoms with Crippen LogP contribution in [0, 0.1) is 5.21 Å². The van der Waals surface area contributed by atoms with Gasteiger partial charge in [-0.1, -0.05) is 29.3 Å². The van der Waals surface area contributed by atoms with Gasteiger partial charge in [0.2, 0.25) is 0 Å². The van der Waals surface area contributed by atoms with Gasteiger partial charge < -0.3 is 9.94 Å². The van der Waals surface area contributed by atoms with E-state index in [2.05, 4.69) is 20.9 Å². The Bertz CT molecular complexity index is 822. The van der Waals surface area contributed by atoms with Gasteiger partial charge in [0.1, 0.15) is 6.67 Å². The smallest absolute Gasteiger partial charge is 0.310 e. The fourth-order valence-corrected chi connectivity index (χ4v) is 4.36. The molecule has 2 unspecified atom stereocenters. The first-order valence-electron chi connectivity index (χ1n) is 7.80. The summed E-state index contributed by atoms with van der Waals surface area (Å²) in [5.74, 6) is -0.426. The molecule has 3 rings (SSSR count). The van der Waals surface area contributed by atoms with E-state index >= 15 is 0 Å². The molecule has 1 aromatic carbocycles. The summed E-state index contributed by atoms with van der Waals surface area (Å²) in [4.78, 5) is 18.3. The molecule has 0 saturated carbocycles. The molecule has 0 spiro atoms. The zero-order valence-corrected chi connectivity index (χ0v) is 17.7. The molecule has 1 aromatic heterocycles. The quantitative estimate of drug-likeness (QED) is 0.360. The van der Waals surface area contributed by atoms with Crippen LogP contribution in [0.1, 0.15) is 12.0 Å². The van der Waals surface area contributed by atoms with Gasteiger partial charge in [-0.3, -0.25) is 9.44 Å². The largest absolute Gasteiger partial charge is 0.622 e. The molecular formula is C16H16BrCl2N3O3S. The second kappa shape index (κ2) is 8.10. The SMILES string of the molecule is CN1CC(OC(=O)CCc2ccc(Cl)c(Cl)c2)[N+]([O-])(c2ncc(Br)s2)C1. The van der Waals surface area contributed by atoms with Gasteiger partial charge in [0.15, 0.2) is 0 Å². The maximum atomic E-state index is 13.3. The average Bonchev–Trinajstić information content (AvgIpc) is 3.13. The van der Waals surface area contributed by atoms with Gasteiger partial charge >= 0.3 is 5.97 Å². The van der Waals surface area contributed by atoms with Crippen molar-refractivity contribution in [3.8, 4) is 0 Å². The van der Waals surface area contributed by atoms with Crippen LogP contribution in [0.25, 0.3) is 0 Å². The number of hydrogen-bond acceptors (Lipinski definition) is 6. The Morgan fingerprint density at radius 2 is 2.27 bits per heavy atom. The third-order valence-electron chi connectivity index (χ3n) is 4.04. The van der Waals surface area contributed by atoms with E-state index in [0.717, 1.165) is 9.35 Å². The molecule has 1 saturated heterocycles. The highest BCUT2D eigenvalue weighted by molar-refractivity contribution is 9.11. The Labute approximate surface area is 173 Å². The number of carbonyl (C=O) groups is 1. The van der Waals surface area contributed by atoms with E-state index in [1.807, 2.05) is 18.0 Å². The molecule has 1 aliphatic heterocycles. The van der Waals surface area contributed by atoms with Crippen molar-refractivity contribution in [2.24, 2.45) is 0 Å². The molecule has 26 heavy (non-hydrogen) atoms. The third-order valence-corrected chi connectivity index (χ3v) is 6.37. The van der Waals surface area contributed by atoms with E-state index in [1.54, 1.807) is 18.3 Å². The molecule has 0 N–H and O–H groups in total. The molecular weight excluding hydrogens is 465 g/mol. The van der Waals surface area contributed by atoms with Gasteiger partial charge in [0, 0.05) is 6.42 Å². The van der Waals surface area contributed by atoms with E-state index in [9.17, 15) is 10.0 Å². The normalized spacial score (nSPS) is 23.3. The summed E-state index contributed by atoms with van der Waals surface area (Å²) in [6.45, 7) is 0.546. The van der Waals surface area contributed by atoms with Gasteiger partial charge in [-0.25, -0.2) is 4.90 Å². The monoisotopic (exact) mass is 479 g/mol. The van der Waals surface area contributed by atoms with Crippen LogP contribution in [0.2, 0.25) is 10.0 Å². The van der Waals surface area contributed by atoms with Crippen molar-refractivity contribution >= 4 is 61.6 Å². The number of ether oxygens (including phenoxy) is 1. The first-order chi connectivity index (χ1) is 12.3. The van der Waals surface area contributed by atoms with Crippen molar-refractivity contribution in [3.05, 3.63) is 49.0 Å². The fraction of sp³-hybridized carbons (Fsp3) is 0.375. The lowest BCUT2D eigenvalue weighted by atomic mass is 10.1. The van der Waals surface area contributed by atoms with Gasteiger partial charge in [0.05, 0.1) is 26.6 Å². The van der Waals surface area contributed by atoms with Crippen LogP contribution in [0.5, 0.6) is 0 Å². The van der Waals surface area contributed by atoms with Crippen LogP contribution in [0.4, 0.5) is 5.13 Å². The fourth-order valence-electron chi connectivity index (χ4n) is 2.79. The second-order valence-electron chi connectivity index (χ2n) is 6.12. The number of nitrogens with zero attached hydrogens (tertiary/aromatic N) is 3. The second-order valence-corrected chi connectivity index (χ2v) is 9.32. The van der Waals surface area contributed by atoms with Crippen molar-refractivity contribution in [2.45, 2.75) is 19.1 Å². The highest BCUT2D eigenvalue weighted by Crippen LogP contribution is 2.36. The number of hydroxylamine groups is 2. The average molecular weight is 481 g/mol. The predicted octanol–water partition coefficient (Wildman–Crippen LogP) is 4.42. The number of thiazole rings is 1. The number of halogens is 3. The van der Waals surface area contributed by atoms with E-state index in [4.69, 9.17) is 27.9 Å². The summed E-state index contributed by atoms with van der Waals surface area (Å²) in [5, 5.41) is 14.5. The lowest BCUT2D eigenvalue weighted by Crippen LogP contribution is -2.50. The summed E-state index contributed by atoms with van der Waals surface area (Å²) >= 11 is 16.4. The molecule has 2 heterocycles. The lowest BCUT2D eigenvalue weighted by Gasteiger charge is -2.38. The first kappa shape index (κ1) is 20.0. The number of carbonyl (C=O) groups excluding carboxylic acids is 1. The van der Waals surface area contributed by atoms with Crippen molar-refractivity contribution in [1.82, 2.24) is 14.5 Å². The Morgan fingerprint density at radius 3 is 2.92 bits per heavy atom. The Balaban J connectivity index is 1.64. The molecule has 0 amide bonds. The van der Waals surface area contributed by atoms with Crippen LogP contribution in [0.3, 0.4) is 0 Å². The minimum Gasteiger partial charge on any atom is -0.622 e. The molecule has 6 nitrogen and oxygen atoms in total. The van der Waals surface area contributed by atoms with E-state index < -0.39 is 16.8 Å². The van der Waals surface area contributed by atoms with Crippen LogP contribution < -0.4 is 4.65 Å². The number of rotatable bonds is 5. The number of aryl methyl sites for hydroxylation is 1. The maximum absolute atomic E-state index is 13.3. The van der Waals surface area contributed by atoms with Crippen LogP contribution in [0.15, 0.2) is 28.2 Å². The van der Waals surface area contributed by atoms with E-state index in [0.29, 0.717) is 28.1 Å². The summed E-state index contributed by atoms with van der Waals surface area (Å²) < 4.78 is 5.49. The first-order valence-corrected chi connectivity index (χ1v) is 10.2. The molecule has 1 aliphatic rings. The number of hydrogen-bond donors (Lipinski definition) is 0. The van der Waals surface area contributed by atoms with E-state index in [1.165, 1.54) is 11.3 Å². The summed E-state index contributed by atoms with van der Waals surface area (Å²) in [6.07, 6.45) is 1.36. The molecule has 0 radical (unpaired) electrons. The standard InChI is InChI=1S/C16H16BrCl2N3O3S/c1-21-8-14(22(24,9-21)16-20-7-13(17)26-16)25-15(23)5-3-10-2-4-11(18)12(19)6-10/h2,4,6-7,14H,3,5,8-9H2,1H3. The molecule has 0 aliphatic carbocycles. The topological polar surface area (TPSA) is 65.5 Å². The zero-order chi connectivity index (χ0) is 18.9. The lowest BCUT2D eigenvalue weighted by molar-refractivity contribution is -0.153. The molecule has 10 heteroatoms. The van der Waals surface area contributed by atoms with Gasteiger partial charge in [0.25, 0.3) is 11.4 Å². The number of aromatic nitrogens is 1. The molecule has 0 bridgehead atoms. The molecule has 2 atom stereocenters. The predicted molar refractivity (Wildman–Crippen MR) is 107 cm³/mol. The Morgan fingerprint density at radius 1 is 1.50 bits per heavy atom. The summed E-state index contributed by atoms with van der Waals surface area (Å²) in [6, 6.07) is 5.23. The molecule has 140 valence electrons. The van der Waals surface area contributed by atoms with Crippen LogP contribution in [-0.2, 0) is 16.0 Å². The minimum atomic E-state index is -0.834. The number of likely N-dealkylation sites (N-methyl/N-ethyl adjacent to an activating group) is 1. The molecule has 2 aromatic rings. The number of quaternary nitrogens is 1. The highest BCUT2D eigenvalue weighted by Gasteiger charge is 2.44. The maximum Gasteiger partial charge on any atom is 0.310 e. The number of benzene rings is 1. The van der Waals surface area contributed by atoms with Crippen LogP contribution in [-0.4, -0.2) is 42.3 Å². The zero-order valence-electron chi connectivity index (χ0n) is 13.8. The summed E-state index contributed by atoms with van der Waals surface area (Å²) in [5.41, 5.74) is 0.881. The van der Waals surface area contributed by atoms with Crippen molar-refractivity contribution in [3.63, 3.8) is 0 Å². The van der Waals surface area contributed by atoms with Crippen LogP contribution >= 0.6 is 50.5 Å². The Hall–Kier alpha value is -0.740. The van der Waals surface area contributed by atoms with Gasteiger partial charge in [-0.2, -0.15) is 4.98 Å². The Kier molecular flexibility index (Phi) is 6.23. The highest BCUT2D eigenvalue weighted by atomic mass is 79.9. The number of esters is 1. The van der Waals surface area contributed by atoms with Crippen molar-refractivity contribution < 1.29 is 9.53 Å². The van der Waals surface area contributed by atoms with E-state index in [-0.39, 0.29) is 13.1 Å². The minimum absolute atomic E-state index is 0.153. The van der Waals surface area contributed by atoms with Gasteiger partial charge in [-0.05, 0) is 58.4 Å². The molecule has 1 fully saturated rings. The summed E-state index contributed by atoms with van der Waals surface area (Å²) in [7, 11) is 1.82. The van der Waals surface area contributed by atoms with Gasteiger partial charge in [-0.15, -0.1) is 0 Å². The van der Waals surface area contributed by atoms with Crippen molar-refractivity contribution in [1.29, 1.82) is 0 Å².